The molecule has 0 bridgehead atoms. The van der Waals surface area contributed by atoms with E-state index in [1.54, 1.807) is 0 Å². The molecule has 2 atom stereocenters. The molecule has 0 unspecified atom stereocenters. The van der Waals surface area contributed by atoms with Crippen molar-refractivity contribution >= 4 is 33.8 Å². The van der Waals surface area contributed by atoms with Gasteiger partial charge in [-0.05, 0) is 54.5 Å². The predicted molar refractivity (Wildman–Crippen MR) is 92.5 cm³/mol. The van der Waals surface area contributed by atoms with Crippen molar-refractivity contribution in [2.75, 3.05) is 0 Å². The second-order valence-electron chi connectivity index (χ2n) is 6.23. The fourth-order valence-corrected chi connectivity index (χ4v) is 3.54. The number of carbonyl (C=O) groups is 2. The highest BCUT2D eigenvalue weighted by atomic mass is 79.9. The van der Waals surface area contributed by atoms with Crippen LogP contribution in [0.1, 0.15) is 51.0 Å². The number of rotatable bonds is 7. The molecular weight excluding hydrogens is 356 g/mol. The number of Topliss-reactive ketones (excluding diaryl/α,β-unsaturated/α-hetero) is 1. The molecule has 1 aromatic carbocycles. The summed E-state index contributed by atoms with van der Waals surface area (Å²) in [6.07, 6.45) is 6.34. The highest BCUT2D eigenvalue weighted by molar-refractivity contribution is 9.10. The zero-order chi connectivity index (χ0) is 16.8. The first-order valence-electron chi connectivity index (χ1n) is 8.21. The lowest BCUT2D eigenvalue weighted by Crippen LogP contribution is -2.27. The van der Waals surface area contributed by atoms with Crippen molar-refractivity contribution < 1.29 is 14.7 Å². The number of hydrogen-bond donors (Lipinski definition) is 0. The van der Waals surface area contributed by atoms with E-state index in [-0.39, 0.29) is 24.0 Å². The SMILES string of the molecule is CCCCC[C@@H]1C(=O)C(=Cc2ccc(Br)cc2)C[C@H]1CC(=O)[O-]. The van der Waals surface area contributed by atoms with Crippen molar-refractivity contribution in [3.05, 3.63) is 39.9 Å². The van der Waals surface area contributed by atoms with Crippen LogP contribution in [0.2, 0.25) is 0 Å². The van der Waals surface area contributed by atoms with Gasteiger partial charge in [-0.3, -0.25) is 4.79 Å². The Kier molecular flexibility index (Phi) is 6.58. The Balaban J connectivity index is 2.16. The third-order valence-electron chi connectivity index (χ3n) is 4.46. The van der Waals surface area contributed by atoms with Gasteiger partial charge < -0.3 is 9.90 Å². The number of carbonyl (C=O) groups excluding carboxylic acids is 2. The highest BCUT2D eigenvalue weighted by Crippen LogP contribution is 2.39. The van der Waals surface area contributed by atoms with E-state index in [1.807, 2.05) is 30.3 Å². The van der Waals surface area contributed by atoms with Crippen molar-refractivity contribution in [2.45, 2.75) is 45.4 Å². The van der Waals surface area contributed by atoms with E-state index in [2.05, 4.69) is 22.9 Å². The quantitative estimate of drug-likeness (QED) is 0.536. The molecule has 0 N–H and O–H groups in total. The zero-order valence-electron chi connectivity index (χ0n) is 13.4. The van der Waals surface area contributed by atoms with Gasteiger partial charge in [0.1, 0.15) is 0 Å². The maximum Gasteiger partial charge on any atom is 0.162 e. The second kappa shape index (κ2) is 8.44. The van der Waals surface area contributed by atoms with Crippen molar-refractivity contribution in [2.24, 2.45) is 11.8 Å². The molecule has 1 aliphatic carbocycles. The van der Waals surface area contributed by atoms with E-state index < -0.39 is 5.97 Å². The average Bonchev–Trinajstić information content (AvgIpc) is 2.78. The van der Waals surface area contributed by atoms with Crippen molar-refractivity contribution in [3.8, 4) is 0 Å². The van der Waals surface area contributed by atoms with Gasteiger partial charge in [-0.1, -0.05) is 54.2 Å². The Morgan fingerprint density at radius 2 is 2.00 bits per heavy atom. The number of carboxylic acids is 1. The summed E-state index contributed by atoms with van der Waals surface area (Å²) in [6, 6.07) is 7.76. The molecule has 0 heterocycles. The summed E-state index contributed by atoms with van der Waals surface area (Å²) < 4.78 is 0.990. The molecule has 1 aliphatic rings. The van der Waals surface area contributed by atoms with Gasteiger partial charge in [-0.2, -0.15) is 0 Å². The number of aliphatic carboxylic acids is 1. The fourth-order valence-electron chi connectivity index (χ4n) is 3.28. The van der Waals surface area contributed by atoms with E-state index in [4.69, 9.17) is 0 Å². The normalized spacial score (nSPS) is 22.7. The molecule has 1 fully saturated rings. The first-order chi connectivity index (χ1) is 11.0. The number of allylic oxidation sites excluding steroid dienone is 1. The summed E-state index contributed by atoms with van der Waals surface area (Å²) in [5.74, 6) is -1.23. The molecule has 0 aliphatic heterocycles. The second-order valence-corrected chi connectivity index (χ2v) is 7.14. The highest BCUT2D eigenvalue weighted by Gasteiger charge is 2.37. The number of hydrogen-bond acceptors (Lipinski definition) is 3. The summed E-state index contributed by atoms with van der Waals surface area (Å²) in [4.78, 5) is 23.7. The largest absolute Gasteiger partial charge is 0.550 e. The Bertz CT molecular complexity index is 589. The van der Waals surface area contributed by atoms with Crippen LogP contribution < -0.4 is 5.11 Å². The summed E-state index contributed by atoms with van der Waals surface area (Å²) in [5.41, 5.74) is 1.72. The molecule has 1 aromatic rings. The molecule has 4 heteroatoms. The van der Waals surface area contributed by atoms with E-state index >= 15 is 0 Å². The monoisotopic (exact) mass is 377 g/mol. The van der Waals surface area contributed by atoms with E-state index in [1.165, 1.54) is 0 Å². The zero-order valence-corrected chi connectivity index (χ0v) is 15.0. The summed E-state index contributed by atoms with van der Waals surface area (Å²) in [6.45, 7) is 2.12. The van der Waals surface area contributed by atoms with Crippen LogP contribution in [-0.2, 0) is 9.59 Å². The molecule has 0 spiro atoms. The average molecular weight is 378 g/mol. The van der Waals surface area contributed by atoms with E-state index in [0.29, 0.717) is 6.42 Å². The van der Waals surface area contributed by atoms with Gasteiger partial charge in [0.05, 0.1) is 0 Å². The molecule has 0 aromatic heterocycles. The number of unbranched alkanes of at least 4 members (excludes halogenated alkanes) is 2. The smallest absolute Gasteiger partial charge is 0.162 e. The van der Waals surface area contributed by atoms with Gasteiger partial charge in [0.25, 0.3) is 0 Å². The van der Waals surface area contributed by atoms with Gasteiger partial charge in [-0.15, -0.1) is 0 Å². The van der Waals surface area contributed by atoms with Crippen LogP contribution in [-0.4, -0.2) is 11.8 Å². The summed E-state index contributed by atoms with van der Waals surface area (Å²) in [7, 11) is 0. The minimum atomic E-state index is -1.06. The Hall–Kier alpha value is -1.42. The van der Waals surface area contributed by atoms with Crippen molar-refractivity contribution in [1.29, 1.82) is 0 Å². The number of carboxylic acid groups (broad SMARTS) is 1. The number of halogens is 1. The molecule has 0 amide bonds. The van der Waals surface area contributed by atoms with Crippen LogP contribution >= 0.6 is 15.9 Å². The molecule has 0 radical (unpaired) electrons. The van der Waals surface area contributed by atoms with Gasteiger partial charge in [0.15, 0.2) is 5.78 Å². The minimum Gasteiger partial charge on any atom is -0.550 e. The standard InChI is InChI=1S/C19H23BrO3/c1-2-3-4-5-17-14(12-18(21)22)11-15(19(17)23)10-13-6-8-16(20)9-7-13/h6-10,14,17H,2-5,11-12H2,1H3,(H,21,22)/p-1/t14-,17-/m0/s1. The fraction of sp³-hybridized carbons (Fsp3) is 0.474. The van der Waals surface area contributed by atoms with E-state index in [9.17, 15) is 14.7 Å². The lowest BCUT2D eigenvalue weighted by Gasteiger charge is -2.17. The lowest BCUT2D eigenvalue weighted by molar-refractivity contribution is -0.307. The molecule has 3 nitrogen and oxygen atoms in total. The van der Waals surface area contributed by atoms with Crippen LogP contribution in [0, 0.1) is 11.8 Å². The van der Waals surface area contributed by atoms with Crippen LogP contribution in [0.15, 0.2) is 34.3 Å². The van der Waals surface area contributed by atoms with Gasteiger partial charge in [0, 0.05) is 16.4 Å². The lowest BCUT2D eigenvalue weighted by atomic mass is 9.88. The molecule has 124 valence electrons. The van der Waals surface area contributed by atoms with Gasteiger partial charge in [0.2, 0.25) is 0 Å². The van der Waals surface area contributed by atoms with Crippen molar-refractivity contribution in [3.63, 3.8) is 0 Å². The number of benzene rings is 1. The third-order valence-corrected chi connectivity index (χ3v) is 4.99. The topological polar surface area (TPSA) is 57.2 Å². The molecular formula is C19H22BrO3-. The molecule has 0 saturated heterocycles. The van der Waals surface area contributed by atoms with Crippen LogP contribution in [0.4, 0.5) is 0 Å². The summed E-state index contributed by atoms with van der Waals surface area (Å²) >= 11 is 3.39. The van der Waals surface area contributed by atoms with Crippen LogP contribution in [0.25, 0.3) is 6.08 Å². The molecule has 23 heavy (non-hydrogen) atoms. The molecule has 1 saturated carbocycles. The Morgan fingerprint density at radius 3 is 2.61 bits per heavy atom. The van der Waals surface area contributed by atoms with Gasteiger partial charge in [-0.25, -0.2) is 0 Å². The van der Waals surface area contributed by atoms with Crippen LogP contribution in [0.3, 0.4) is 0 Å². The minimum absolute atomic E-state index is 0.0276. The third kappa shape index (κ3) is 5.03. The maximum absolute atomic E-state index is 12.7. The number of ketones is 1. The molecule has 2 rings (SSSR count). The first kappa shape index (κ1) is 17.9. The maximum atomic E-state index is 12.7. The van der Waals surface area contributed by atoms with Crippen LogP contribution in [0.5, 0.6) is 0 Å². The summed E-state index contributed by atoms with van der Waals surface area (Å²) in [5, 5.41) is 11.0. The van der Waals surface area contributed by atoms with Crippen molar-refractivity contribution in [1.82, 2.24) is 0 Å². The predicted octanol–water partition coefficient (Wildman–Crippen LogP) is 3.76. The Labute approximate surface area is 145 Å². The van der Waals surface area contributed by atoms with Gasteiger partial charge >= 0.3 is 0 Å². The van der Waals surface area contributed by atoms with E-state index in [0.717, 1.165) is 41.3 Å². The Morgan fingerprint density at radius 1 is 1.30 bits per heavy atom. The first-order valence-corrected chi connectivity index (χ1v) is 9.00.